The predicted molar refractivity (Wildman–Crippen MR) is 117 cm³/mol. The highest BCUT2D eigenvalue weighted by atomic mass is 35.5. The van der Waals surface area contributed by atoms with Crippen LogP contribution < -0.4 is 0 Å². The van der Waals surface area contributed by atoms with E-state index in [9.17, 15) is 0 Å². The molecule has 0 amide bonds. The van der Waals surface area contributed by atoms with Crippen molar-refractivity contribution in [2.45, 2.75) is 30.8 Å². The first-order chi connectivity index (χ1) is 13.1. The SMILES string of the molecule is CC(C)n1c(SCc2c(Cl)cccc2Cl)nnc1-c1csc2ccccc12. The zero-order valence-corrected chi connectivity index (χ0v) is 18.0. The van der Waals surface area contributed by atoms with Crippen LogP contribution in [0.15, 0.2) is 53.0 Å². The van der Waals surface area contributed by atoms with Crippen molar-refractivity contribution in [3.63, 3.8) is 0 Å². The van der Waals surface area contributed by atoms with Gasteiger partial charge in [-0.3, -0.25) is 4.57 Å². The number of nitrogens with zero attached hydrogens (tertiary/aromatic N) is 3. The summed E-state index contributed by atoms with van der Waals surface area (Å²) in [6.07, 6.45) is 0. The predicted octanol–water partition coefficient (Wildman–Crippen LogP) is 7.34. The normalized spacial score (nSPS) is 11.6. The van der Waals surface area contributed by atoms with Gasteiger partial charge in [0, 0.05) is 42.9 Å². The van der Waals surface area contributed by atoms with Crippen LogP contribution in [-0.2, 0) is 5.75 Å². The van der Waals surface area contributed by atoms with E-state index in [1.807, 2.05) is 18.2 Å². The number of hydrogen-bond donors (Lipinski definition) is 0. The molecular weight excluding hydrogens is 417 g/mol. The molecule has 0 spiro atoms. The molecule has 0 atom stereocenters. The van der Waals surface area contributed by atoms with Crippen molar-refractivity contribution in [2.75, 3.05) is 0 Å². The highest BCUT2D eigenvalue weighted by molar-refractivity contribution is 7.98. The number of benzene rings is 2. The first-order valence-corrected chi connectivity index (χ1v) is 11.2. The van der Waals surface area contributed by atoms with E-state index < -0.39 is 0 Å². The molecule has 2 aromatic heterocycles. The van der Waals surface area contributed by atoms with Gasteiger partial charge in [-0.1, -0.05) is 59.2 Å². The van der Waals surface area contributed by atoms with Crippen molar-refractivity contribution < 1.29 is 0 Å². The second-order valence-electron chi connectivity index (χ2n) is 6.40. The van der Waals surface area contributed by atoms with Crippen molar-refractivity contribution in [3.05, 3.63) is 63.5 Å². The summed E-state index contributed by atoms with van der Waals surface area (Å²) in [4.78, 5) is 0. The van der Waals surface area contributed by atoms with Crippen molar-refractivity contribution in [3.8, 4) is 11.4 Å². The molecule has 0 saturated heterocycles. The Balaban J connectivity index is 1.71. The van der Waals surface area contributed by atoms with Gasteiger partial charge in [0.25, 0.3) is 0 Å². The fourth-order valence-corrected chi connectivity index (χ4v) is 5.73. The number of hydrogen-bond acceptors (Lipinski definition) is 4. The van der Waals surface area contributed by atoms with Crippen LogP contribution in [0.5, 0.6) is 0 Å². The van der Waals surface area contributed by atoms with Gasteiger partial charge >= 0.3 is 0 Å². The Hall–Kier alpha value is -1.53. The maximum absolute atomic E-state index is 6.31. The number of halogens is 2. The fourth-order valence-electron chi connectivity index (χ4n) is 2.98. The molecule has 27 heavy (non-hydrogen) atoms. The summed E-state index contributed by atoms with van der Waals surface area (Å²) >= 11 is 16.0. The Bertz CT molecular complexity index is 1080. The van der Waals surface area contributed by atoms with E-state index in [-0.39, 0.29) is 6.04 Å². The van der Waals surface area contributed by atoms with Gasteiger partial charge in [-0.2, -0.15) is 0 Å². The zero-order chi connectivity index (χ0) is 19.0. The summed E-state index contributed by atoms with van der Waals surface area (Å²) in [5, 5.41) is 14.6. The van der Waals surface area contributed by atoms with Crippen LogP contribution >= 0.6 is 46.3 Å². The van der Waals surface area contributed by atoms with Gasteiger partial charge < -0.3 is 0 Å². The Morgan fingerprint density at radius 3 is 2.52 bits per heavy atom. The largest absolute Gasteiger partial charge is 0.299 e. The van der Waals surface area contributed by atoms with E-state index in [1.165, 1.54) is 10.1 Å². The molecule has 0 fully saturated rings. The third-order valence-electron chi connectivity index (χ3n) is 4.31. The van der Waals surface area contributed by atoms with E-state index in [0.29, 0.717) is 15.8 Å². The molecule has 0 bridgehead atoms. The van der Waals surface area contributed by atoms with Crippen LogP contribution in [0.4, 0.5) is 0 Å². The summed E-state index contributed by atoms with van der Waals surface area (Å²) in [5.74, 6) is 1.54. The van der Waals surface area contributed by atoms with Gasteiger partial charge in [0.1, 0.15) is 0 Å². The van der Waals surface area contributed by atoms with Gasteiger partial charge in [-0.05, 0) is 37.6 Å². The lowest BCUT2D eigenvalue weighted by Crippen LogP contribution is -2.05. The van der Waals surface area contributed by atoms with Crippen LogP contribution in [0, 0.1) is 0 Å². The van der Waals surface area contributed by atoms with Gasteiger partial charge in [-0.15, -0.1) is 21.5 Å². The van der Waals surface area contributed by atoms with Gasteiger partial charge in [0.2, 0.25) is 0 Å². The minimum absolute atomic E-state index is 0.234. The highest BCUT2D eigenvalue weighted by Crippen LogP contribution is 2.37. The van der Waals surface area contributed by atoms with Crippen LogP contribution in [-0.4, -0.2) is 14.8 Å². The van der Waals surface area contributed by atoms with E-state index >= 15 is 0 Å². The standard InChI is InChI=1S/C20H17Cl2N3S2/c1-12(2)25-19(14-10-26-18-9-4-3-6-13(14)18)23-24-20(25)27-11-15-16(21)7-5-8-17(15)22/h3-10,12H,11H2,1-2H3. The minimum atomic E-state index is 0.234. The summed E-state index contributed by atoms with van der Waals surface area (Å²) in [6, 6.07) is 14.2. The van der Waals surface area contributed by atoms with Crippen LogP contribution in [0.3, 0.4) is 0 Å². The molecule has 2 aromatic carbocycles. The Labute approximate surface area is 176 Å². The van der Waals surface area contributed by atoms with Gasteiger partial charge in [-0.25, -0.2) is 0 Å². The minimum Gasteiger partial charge on any atom is -0.299 e. The van der Waals surface area contributed by atoms with Crippen molar-refractivity contribution in [1.82, 2.24) is 14.8 Å². The molecule has 0 N–H and O–H groups in total. The van der Waals surface area contributed by atoms with E-state index in [4.69, 9.17) is 23.2 Å². The van der Waals surface area contributed by atoms with Gasteiger partial charge in [0.15, 0.2) is 11.0 Å². The molecule has 7 heteroatoms. The molecular formula is C20H17Cl2N3S2. The topological polar surface area (TPSA) is 30.7 Å². The van der Waals surface area contributed by atoms with Crippen LogP contribution in [0.2, 0.25) is 10.0 Å². The Morgan fingerprint density at radius 2 is 1.78 bits per heavy atom. The summed E-state index contributed by atoms with van der Waals surface area (Å²) in [5.41, 5.74) is 2.05. The quantitative estimate of drug-likeness (QED) is 0.308. The third kappa shape index (κ3) is 3.61. The first-order valence-electron chi connectivity index (χ1n) is 8.53. The summed E-state index contributed by atoms with van der Waals surface area (Å²) < 4.78 is 3.44. The first kappa shape index (κ1) is 18.8. The zero-order valence-electron chi connectivity index (χ0n) is 14.8. The molecule has 4 rings (SSSR count). The summed E-state index contributed by atoms with van der Waals surface area (Å²) in [7, 11) is 0. The molecule has 0 radical (unpaired) electrons. The number of thiophene rings is 1. The highest BCUT2D eigenvalue weighted by Gasteiger charge is 2.20. The molecule has 0 unspecified atom stereocenters. The lowest BCUT2D eigenvalue weighted by molar-refractivity contribution is 0.555. The number of aromatic nitrogens is 3. The maximum atomic E-state index is 6.31. The van der Waals surface area contributed by atoms with Crippen molar-refractivity contribution >= 4 is 56.4 Å². The Morgan fingerprint density at radius 1 is 1.04 bits per heavy atom. The van der Waals surface area contributed by atoms with E-state index in [0.717, 1.165) is 22.1 Å². The molecule has 0 saturated carbocycles. The monoisotopic (exact) mass is 433 g/mol. The summed E-state index contributed by atoms with van der Waals surface area (Å²) in [6.45, 7) is 4.29. The van der Waals surface area contributed by atoms with Crippen molar-refractivity contribution in [2.24, 2.45) is 0 Å². The molecule has 0 aliphatic heterocycles. The van der Waals surface area contributed by atoms with E-state index in [1.54, 1.807) is 23.1 Å². The third-order valence-corrected chi connectivity index (χ3v) is 6.95. The number of rotatable bonds is 5. The second-order valence-corrected chi connectivity index (χ2v) is 9.07. The molecule has 138 valence electrons. The molecule has 3 nitrogen and oxygen atoms in total. The second kappa shape index (κ2) is 7.84. The average Bonchev–Trinajstić information content (AvgIpc) is 3.25. The lowest BCUT2D eigenvalue weighted by Gasteiger charge is -2.14. The van der Waals surface area contributed by atoms with Crippen LogP contribution in [0.1, 0.15) is 25.5 Å². The molecule has 0 aliphatic carbocycles. The van der Waals surface area contributed by atoms with Crippen LogP contribution in [0.25, 0.3) is 21.5 Å². The molecule has 0 aliphatic rings. The fraction of sp³-hybridized carbons (Fsp3) is 0.200. The average molecular weight is 434 g/mol. The van der Waals surface area contributed by atoms with Crippen molar-refractivity contribution in [1.29, 1.82) is 0 Å². The lowest BCUT2D eigenvalue weighted by atomic mass is 10.1. The molecule has 2 heterocycles. The van der Waals surface area contributed by atoms with E-state index in [2.05, 4.69) is 58.3 Å². The smallest absolute Gasteiger partial charge is 0.192 e. The Kier molecular flexibility index (Phi) is 5.46. The molecule has 4 aromatic rings. The number of thioether (sulfide) groups is 1. The van der Waals surface area contributed by atoms with Gasteiger partial charge in [0.05, 0.1) is 0 Å². The maximum Gasteiger partial charge on any atom is 0.192 e. The number of fused-ring (bicyclic) bond motifs is 1.